The molecule has 2 aromatic heterocycles. The van der Waals surface area contributed by atoms with Gasteiger partial charge in [0.15, 0.2) is 5.84 Å². The minimum Gasteiger partial charge on any atom is -0.494 e. The second-order valence-electron chi connectivity index (χ2n) is 7.69. The van der Waals surface area contributed by atoms with E-state index in [9.17, 15) is 19.7 Å². The first kappa shape index (κ1) is 29.1. The molecule has 0 bridgehead atoms. The molecule has 0 saturated heterocycles. The van der Waals surface area contributed by atoms with Crippen molar-refractivity contribution in [3.8, 4) is 5.75 Å². The molecule has 0 aliphatic carbocycles. The molecule has 2 heterocycles. The molecule has 15 heteroatoms. The number of ether oxygens (including phenoxy) is 1. The summed E-state index contributed by atoms with van der Waals surface area (Å²) in [6, 6.07) is 5.91. The number of halogens is 3. The number of carbonyl (C=O) groups excluding carboxylic acids is 2. The number of aromatic nitrogens is 1. The molecule has 3 aromatic rings. The zero-order chi connectivity index (χ0) is 28.0. The molecule has 0 aliphatic rings. The van der Waals surface area contributed by atoms with E-state index in [-0.39, 0.29) is 50.1 Å². The highest BCUT2D eigenvalue weighted by atomic mass is 35.5. The number of hydrogen-bond donors (Lipinski definition) is 2. The maximum absolute atomic E-state index is 13.2. The number of aliphatic imine (C=N–C) groups is 1. The third kappa shape index (κ3) is 7.10. The van der Waals surface area contributed by atoms with Gasteiger partial charge in [0.25, 0.3) is 18.4 Å². The lowest BCUT2D eigenvalue weighted by molar-refractivity contribution is -0.464. The lowest BCUT2D eigenvalue weighted by Gasteiger charge is -2.18. The first-order chi connectivity index (χ1) is 18.0. The van der Waals surface area contributed by atoms with Crippen LogP contribution in [0.4, 0.5) is 11.5 Å². The highest BCUT2D eigenvalue weighted by Crippen LogP contribution is 2.35. The Kier molecular flexibility index (Phi) is 9.86. The summed E-state index contributed by atoms with van der Waals surface area (Å²) < 4.78 is 5.36. The maximum Gasteiger partial charge on any atom is 0.267 e. The zero-order valence-corrected chi connectivity index (χ0v) is 23.3. The zero-order valence-electron chi connectivity index (χ0n) is 20.3. The number of nitrogens with one attached hydrogen (secondary N) is 2. The SMILES string of the molecule is CN=C(C[N+](=O)[O-])N(C)Cc1csc(C(=O)Nc2c(OC)cc(Cl)cc2C(=O)Nc2ccc(Cl)cn2)c1Cl. The van der Waals surface area contributed by atoms with E-state index in [0.29, 0.717) is 10.6 Å². The van der Waals surface area contributed by atoms with Crippen LogP contribution in [-0.2, 0) is 6.54 Å². The summed E-state index contributed by atoms with van der Waals surface area (Å²) >= 11 is 19.6. The Labute approximate surface area is 236 Å². The van der Waals surface area contributed by atoms with Crippen molar-refractivity contribution in [1.29, 1.82) is 0 Å². The molecule has 0 fully saturated rings. The minimum absolute atomic E-state index is 0.0238. The fourth-order valence-electron chi connectivity index (χ4n) is 3.32. The first-order valence-corrected chi connectivity index (χ1v) is 12.7. The van der Waals surface area contributed by atoms with Crippen LogP contribution in [0.15, 0.2) is 40.8 Å². The van der Waals surface area contributed by atoms with Crippen LogP contribution in [0.25, 0.3) is 0 Å². The fraction of sp³-hybridized carbons (Fsp3) is 0.217. The van der Waals surface area contributed by atoms with Gasteiger partial charge in [-0.25, -0.2) is 4.98 Å². The lowest BCUT2D eigenvalue weighted by atomic mass is 10.1. The summed E-state index contributed by atoms with van der Waals surface area (Å²) in [5.41, 5.74) is 0.669. The Morgan fingerprint density at radius 1 is 1.18 bits per heavy atom. The van der Waals surface area contributed by atoms with Crippen LogP contribution >= 0.6 is 46.1 Å². The van der Waals surface area contributed by atoms with Crippen molar-refractivity contribution in [2.45, 2.75) is 6.54 Å². The second-order valence-corrected chi connectivity index (χ2v) is 9.82. The predicted octanol–water partition coefficient (Wildman–Crippen LogP) is 5.35. The topological polar surface area (TPSA) is 139 Å². The van der Waals surface area contributed by atoms with E-state index in [2.05, 4.69) is 20.6 Å². The normalized spacial score (nSPS) is 11.2. The number of thiophene rings is 1. The van der Waals surface area contributed by atoms with Gasteiger partial charge in [-0.15, -0.1) is 11.3 Å². The average Bonchev–Trinajstić information content (AvgIpc) is 3.24. The van der Waals surface area contributed by atoms with Gasteiger partial charge in [-0.1, -0.05) is 34.8 Å². The second kappa shape index (κ2) is 12.9. The number of rotatable bonds is 9. The minimum atomic E-state index is -0.604. The molecule has 2 N–H and O–H groups in total. The third-order valence-corrected chi connectivity index (χ3v) is 7.14. The smallest absolute Gasteiger partial charge is 0.267 e. The van der Waals surface area contributed by atoms with Crippen LogP contribution in [0.5, 0.6) is 5.75 Å². The molecule has 2 amide bonds. The number of anilines is 2. The number of methoxy groups -OCH3 is 1. The van der Waals surface area contributed by atoms with Crippen molar-refractivity contribution in [3.05, 3.63) is 77.0 Å². The molecule has 11 nitrogen and oxygen atoms in total. The van der Waals surface area contributed by atoms with Gasteiger partial charge in [-0.05, 0) is 23.6 Å². The van der Waals surface area contributed by atoms with Crippen molar-refractivity contribution in [2.24, 2.45) is 4.99 Å². The van der Waals surface area contributed by atoms with E-state index in [1.165, 1.54) is 38.6 Å². The Hall–Kier alpha value is -3.45. The van der Waals surface area contributed by atoms with Crippen molar-refractivity contribution in [1.82, 2.24) is 9.88 Å². The van der Waals surface area contributed by atoms with E-state index in [0.717, 1.165) is 11.3 Å². The Morgan fingerprint density at radius 3 is 2.53 bits per heavy atom. The molecule has 0 spiro atoms. The molecule has 0 radical (unpaired) electrons. The van der Waals surface area contributed by atoms with Crippen LogP contribution in [0.3, 0.4) is 0 Å². The monoisotopic (exact) mass is 598 g/mol. The predicted molar refractivity (Wildman–Crippen MR) is 149 cm³/mol. The summed E-state index contributed by atoms with van der Waals surface area (Å²) in [7, 11) is 4.46. The van der Waals surface area contributed by atoms with E-state index in [1.807, 2.05) is 0 Å². The van der Waals surface area contributed by atoms with Crippen LogP contribution in [0.1, 0.15) is 25.6 Å². The Morgan fingerprint density at radius 2 is 1.92 bits per heavy atom. The van der Waals surface area contributed by atoms with E-state index >= 15 is 0 Å². The van der Waals surface area contributed by atoms with E-state index in [4.69, 9.17) is 39.5 Å². The van der Waals surface area contributed by atoms with Crippen molar-refractivity contribution < 1.29 is 19.2 Å². The molecular weight excluding hydrogens is 579 g/mol. The molecule has 1 aromatic carbocycles. The van der Waals surface area contributed by atoms with Gasteiger partial charge < -0.3 is 20.3 Å². The lowest BCUT2D eigenvalue weighted by Crippen LogP contribution is -2.32. The number of benzene rings is 1. The summed E-state index contributed by atoms with van der Waals surface area (Å²) in [4.78, 5) is 46.5. The molecule has 200 valence electrons. The maximum atomic E-state index is 13.2. The summed E-state index contributed by atoms with van der Waals surface area (Å²) in [6.45, 7) is -0.260. The summed E-state index contributed by atoms with van der Waals surface area (Å²) in [5, 5.41) is 18.6. The molecule has 0 unspecified atom stereocenters. The number of amidine groups is 1. The van der Waals surface area contributed by atoms with Crippen LogP contribution in [0.2, 0.25) is 15.1 Å². The Balaban J connectivity index is 1.87. The molecule has 3 rings (SSSR count). The molecule has 0 aliphatic heterocycles. The molecular formula is C23H21Cl3N6O5S. The Bertz CT molecular complexity index is 1400. The fourth-order valence-corrected chi connectivity index (χ4v) is 4.88. The number of hydrogen-bond acceptors (Lipinski definition) is 8. The highest BCUT2D eigenvalue weighted by Gasteiger charge is 2.24. The number of likely N-dealkylation sites (N-methyl/N-ethyl adjacent to an activating group) is 1. The van der Waals surface area contributed by atoms with E-state index in [1.54, 1.807) is 23.4 Å². The quantitative estimate of drug-likeness (QED) is 0.146. The highest BCUT2D eigenvalue weighted by molar-refractivity contribution is 7.13. The van der Waals surface area contributed by atoms with Gasteiger partial charge in [0.05, 0.1) is 28.4 Å². The molecule has 0 saturated carbocycles. The van der Waals surface area contributed by atoms with E-state index < -0.39 is 23.3 Å². The van der Waals surface area contributed by atoms with Crippen molar-refractivity contribution >= 4 is 75.3 Å². The number of pyridine rings is 1. The van der Waals surface area contributed by atoms with Gasteiger partial charge in [0.1, 0.15) is 16.4 Å². The van der Waals surface area contributed by atoms with Crippen LogP contribution in [0, 0.1) is 10.1 Å². The van der Waals surface area contributed by atoms with Gasteiger partial charge in [0, 0.05) is 48.4 Å². The first-order valence-electron chi connectivity index (χ1n) is 10.7. The third-order valence-electron chi connectivity index (χ3n) is 5.12. The van der Waals surface area contributed by atoms with Crippen LogP contribution in [-0.4, -0.2) is 60.2 Å². The number of carbonyl (C=O) groups is 2. The number of amides is 2. The van der Waals surface area contributed by atoms with Crippen molar-refractivity contribution in [2.75, 3.05) is 38.4 Å². The standard InChI is InChI=1S/C23H21Cl3N6O5S/c1-27-18(10-32(35)36)31(2)9-12-11-38-21(19(12)26)23(34)30-20-15(6-14(25)7-16(20)37-3)22(33)29-17-5-4-13(24)8-28-17/h4-8,11H,9-10H2,1-3H3,(H,30,34)(H,28,29,33). The largest absolute Gasteiger partial charge is 0.494 e. The van der Waals surface area contributed by atoms with Gasteiger partial charge >= 0.3 is 0 Å². The molecule has 0 atom stereocenters. The van der Waals surface area contributed by atoms with Gasteiger partial charge in [0.2, 0.25) is 0 Å². The summed E-state index contributed by atoms with van der Waals surface area (Å²) in [5.74, 6) is -0.565. The van der Waals surface area contributed by atoms with Gasteiger partial charge in [-0.2, -0.15) is 0 Å². The number of nitro groups is 1. The number of nitrogens with zero attached hydrogens (tertiary/aromatic N) is 4. The van der Waals surface area contributed by atoms with Crippen molar-refractivity contribution in [3.63, 3.8) is 0 Å². The average molecular weight is 600 g/mol. The van der Waals surface area contributed by atoms with Gasteiger partial charge in [-0.3, -0.25) is 24.7 Å². The summed E-state index contributed by atoms with van der Waals surface area (Å²) in [6.07, 6.45) is 1.37. The molecule has 38 heavy (non-hydrogen) atoms. The van der Waals surface area contributed by atoms with Crippen LogP contribution < -0.4 is 15.4 Å².